The minimum Gasteiger partial charge on any atom is -0.295 e. The maximum atomic E-state index is 11.8. The quantitative estimate of drug-likeness (QED) is 0.463. The molecular formula is C17H24O. The molecule has 0 unspecified atom stereocenters. The molecule has 0 heterocycles. The average molecular weight is 244 g/mol. The first kappa shape index (κ1) is 14.7. The molecule has 1 rings (SSSR count). The highest BCUT2D eigenvalue weighted by atomic mass is 16.1. The van der Waals surface area contributed by atoms with Gasteiger partial charge in [0.1, 0.15) is 0 Å². The topological polar surface area (TPSA) is 17.1 Å². The molecule has 0 aliphatic carbocycles. The molecule has 0 fully saturated rings. The minimum absolute atomic E-state index is 0.257. The van der Waals surface area contributed by atoms with E-state index >= 15 is 0 Å². The van der Waals surface area contributed by atoms with Gasteiger partial charge >= 0.3 is 0 Å². The molecule has 18 heavy (non-hydrogen) atoms. The van der Waals surface area contributed by atoms with Crippen molar-refractivity contribution in [3.05, 3.63) is 42.0 Å². The van der Waals surface area contributed by atoms with E-state index in [0.717, 1.165) is 17.6 Å². The van der Waals surface area contributed by atoms with Gasteiger partial charge in [-0.05, 0) is 30.6 Å². The van der Waals surface area contributed by atoms with Crippen LogP contribution in [0.4, 0.5) is 0 Å². The van der Waals surface area contributed by atoms with Crippen LogP contribution in [0, 0.1) is 0 Å². The third-order valence-corrected chi connectivity index (χ3v) is 3.13. The highest BCUT2D eigenvalue weighted by molar-refractivity contribution is 5.96. The lowest BCUT2D eigenvalue weighted by atomic mass is 10.0. The summed E-state index contributed by atoms with van der Waals surface area (Å²) in [4.78, 5) is 11.8. The number of unbranched alkanes of at least 4 members (excludes halogenated alkanes) is 4. The highest BCUT2D eigenvalue weighted by Crippen LogP contribution is 2.14. The normalized spacial score (nSPS) is 11.6. The van der Waals surface area contributed by atoms with E-state index in [1.54, 1.807) is 6.08 Å². The van der Waals surface area contributed by atoms with Gasteiger partial charge in [0.25, 0.3) is 0 Å². The lowest BCUT2D eigenvalue weighted by Crippen LogP contribution is -1.94. The number of carbonyl (C=O) groups is 1. The van der Waals surface area contributed by atoms with Crippen LogP contribution in [0.15, 0.2) is 36.4 Å². The van der Waals surface area contributed by atoms with Crippen LogP contribution in [0.5, 0.6) is 0 Å². The van der Waals surface area contributed by atoms with E-state index in [0.29, 0.717) is 6.42 Å². The Hall–Kier alpha value is -1.37. The number of benzene rings is 1. The van der Waals surface area contributed by atoms with Crippen molar-refractivity contribution in [2.75, 3.05) is 0 Å². The second-order valence-corrected chi connectivity index (χ2v) is 4.82. The summed E-state index contributed by atoms with van der Waals surface area (Å²) in [5.74, 6) is 0.257. The Bertz CT molecular complexity index is 376. The fourth-order valence-corrected chi connectivity index (χ4v) is 2.00. The summed E-state index contributed by atoms with van der Waals surface area (Å²) in [7, 11) is 0. The number of hydrogen-bond acceptors (Lipinski definition) is 1. The van der Waals surface area contributed by atoms with Gasteiger partial charge < -0.3 is 0 Å². The largest absolute Gasteiger partial charge is 0.295 e. The van der Waals surface area contributed by atoms with Gasteiger partial charge in [-0.3, -0.25) is 4.79 Å². The Morgan fingerprint density at radius 2 is 1.72 bits per heavy atom. The molecule has 1 heteroatoms. The number of allylic oxidation sites excluding steroid dienone is 2. The number of hydrogen-bond donors (Lipinski definition) is 0. The molecule has 0 aliphatic rings. The molecule has 0 aromatic heterocycles. The molecule has 1 aromatic rings. The Morgan fingerprint density at radius 3 is 2.39 bits per heavy atom. The standard InChI is InChI=1S/C17H24O/c1-3-4-5-6-10-13-17(18)14-15(2)16-11-8-7-9-12-16/h7-9,11-12,14H,3-6,10,13H2,1-2H3/b15-14+. The number of carbonyl (C=O) groups excluding carboxylic acids is 1. The molecule has 0 spiro atoms. The fourth-order valence-electron chi connectivity index (χ4n) is 2.00. The summed E-state index contributed by atoms with van der Waals surface area (Å²) < 4.78 is 0. The van der Waals surface area contributed by atoms with Crippen LogP contribution in [0.3, 0.4) is 0 Å². The molecule has 0 radical (unpaired) electrons. The fraction of sp³-hybridized carbons (Fsp3) is 0.471. The monoisotopic (exact) mass is 244 g/mol. The van der Waals surface area contributed by atoms with Crippen molar-refractivity contribution in [3.8, 4) is 0 Å². The highest BCUT2D eigenvalue weighted by Gasteiger charge is 2.00. The summed E-state index contributed by atoms with van der Waals surface area (Å²) in [6, 6.07) is 10.1. The molecule has 0 saturated carbocycles. The van der Waals surface area contributed by atoms with Crippen LogP contribution in [0.1, 0.15) is 57.9 Å². The Kier molecular flexibility index (Phi) is 7.09. The molecule has 1 aromatic carbocycles. The van der Waals surface area contributed by atoms with Crippen LogP contribution in [-0.4, -0.2) is 5.78 Å². The van der Waals surface area contributed by atoms with E-state index in [1.165, 1.54) is 25.7 Å². The number of ketones is 1. The van der Waals surface area contributed by atoms with Crippen molar-refractivity contribution in [2.45, 2.75) is 52.4 Å². The third-order valence-electron chi connectivity index (χ3n) is 3.13. The van der Waals surface area contributed by atoms with E-state index < -0.39 is 0 Å². The molecule has 0 N–H and O–H groups in total. The van der Waals surface area contributed by atoms with E-state index in [2.05, 4.69) is 6.92 Å². The summed E-state index contributed by atoms with van der Waals surface area (Å²) >= 11 is 0. The molecule has 0 bridgehead atoms. The van der Waals surface area contributed by atoms with Crippen LogP contribution < -0.4 is 0 Å². The van der Waals surface area contributed by atoms with Gasteiger partial charge in [-0.25, -0.2) is 0 Å². The zero-order chi connectivity index (χ0) is 13.2. The zero-order valence-electron chi connectivity index (χ0n) is 11.6. The SMILES string of the molecule is CCCCCCCC(=O)/C=C(\C)c1ccccc1. The smallest absolute Gasteiger partial charge is 0.155 e. The third kappa shape index (κ3) is 5.81. The van der Waals surface area contributed by atoms with Crippen molar-refractivity contribution >= 4 is 11.4 Å². The predicted octanol–water partition coefficient (Wildman–Crippen LogP) is 5.02. The Morgan fingerprint density at radius 1 is 1.06 bits per heavy atom. The first-order valence-corrected chi connectivity index (χ1v) is 7.00. The number of rotatable bonds is 8. The van der Waals surface area contributed by atoms with Crippen molar-refractivity contribution < 1.29 is 4.79 Å². The molecule has 0 amide bonds. The first-order valence-electron chi connectivity index (χ1n) is 7.00. The molecular weight excluding hydrogens is 220 g/mol. The van der Waals surface area contributed by atoms with Gasteiger partial charge in [-0.2, -0.15) is 0 Å². The van der Waals surface area contributed by atoms with Gasteiger partial charge in [-0.1, -0.05) is 62.9 Å². The second-order valence-electron chi connectivity index (χ2n) is 4.82. The van der Waals surface area contributed by atoms with E-state index in [4.69, 9.17) is 0 Å². The summed E-state index contributed by atoms with van der Waals surface area (Å²) in [5.41, 5.74) is 2.20. The van der Waals surface area contributed by atoms with Gasteiger partial charge in [0.05, 0.1) is 0 Å². The van der Waals surface area contributed by atoms with E-state index in [1.807, 2.05) is 37.3 Å². The van der Waals surface area contributed by atoms with Crippen molar-refractivity contribution in [1.29, 1.82) is 0 Å². The van der Waals surface area contributed by atoms with Crippen LogP contribution in [0.25, 0.3) is 5.57 Å². The van der Waals surface area contributed by atoms with Gasteiger partial charge in [-0.15, -0.1) is 0 Å². The summed E-state index contributed by atoms with van der Waals surface area (Å²) in [6.07, 6.45) is 8.47. The molecule has 0 atom stereocenters. The second kappa shape index (κ2) is 8.68. The summed E-state index contributed by atoms with van der Waals surface area (Å²) in [6.45, 7) is 4.21. The lowest BCUT2D eigenvalue weighted by Gasteiger charge is -2.01. The van der Waals surface area contributed by atoms with E-state index in [9.17, 15) is 4.79 Å². The minimum atomic E-state index is 0.257. The van der Waals surface area contributed by atoms with Crippen molar-refractivity contribution in [3.63, 3.8) is 0 Å². The van der Waals surface area contributed by atoms with Crippen LogP contribution in [-0.2, 0) is 4.79 Å². The first-order chi connectivity index (χ1) is 8.74. The molecule has 0 saturated heterocycles. The average Bonchev–Trinajstić information content (AvgIpc) is 2.39. The van der Waals surface area contributed by atoms with Crippen LogP contribution in [0.2, 0.25) is 0 Å². The molecule has 0 aliphatic heterocycles. The molecule has 1 nitrogen and oxygen atoms in total. The Labute approximate surface area is 111 Å². The Balaban J connectivity index is 2.34. The summed E-state index contributed by atoms with van der Waals surface area (Å²) in [5, 5.41) is 0. The predicted molar refractivity (Wildman–Crippen MR) is 78.5 cm³/mol. The lowest BCUT2D eigenvalue weighted by molar-refractivity contribution is -0.114. The maximum Gasteiger partial charge on any atom is 0.155 e. The van der Waals surface area contributed by atoms with Gasteiger partial charge in [0.15, 0.2) is 5.78 Å². The van der Waals surface area contributed by atoms with E-state index in [-0.39, 0.29) is 5.78 Å². The van der Waals surface area contributed by atoms with Crippen molar-refractivity contribution in [1.82, 2.24) is 0 Å². The molecule has 98 valence electrons. The maximum absolute atomic E-state index is 11.8. The van der Waals surface area contributed by atoms with Crippen LogP contribution >= 0.6 is 0 Å². The van der Waals surface area contributed by atoms with Gasteiger partial charge in [0, 0.05) is 6.42 Å². The zero-order valence-corrected chi connectivity index (χ0v) is 11.6. The van der Waals surface area contributed by atoms with Gasteiger partial charge in [0.2, 0.25) is 0 Å². The van der Waals surface area contributed by atoms with Crippen molar-refractivity contribution in [2.24, 2.45) is 0 Å².